The maximum absolute atomic E-state index is 10.0. The lowest BCUT2D eigenvalue weighted by Crippen LogP contribution is -2.14. The van der Waals surface area contributed by atoms with E-state index in [1.165, 1.54) is 0 Å². The van der Waals surface area contributed by atoms with Crippen molar-refractivity contribution in [2.45, 2.75) is 20.1 Å². The number of benzene rings is 1. The fourth-order valence-corrected chi connectivity index (χ4v) is 4.05. The number of oxime groups is 1. The third-order valence-electron chi connectivity index (χ3n) is 2.56. The van der Waals surface area contributed by atoms with Crippen LogP contribution in [-0.2, 0) is 4.84 Å². The smallest absolute Gasteiger partial charge is 0.254 e. The maximum atomic E-state index is 10.0. The molecule has 0 aromatic heterocycles. The van der Waals surface area contributed by atoms with Gasteiger partial charge in [0.1, 0.15) is 5.71 Å². The second-order valence-electron chi connectivity index (χ2n) is 3.83. The van der Waals surface area contributed by atoms with Crippen molar-refractivity contribution in [3.8, 4) is 0 Å². The van der Waals surface area contributed by atoms with Gasteiger partial charge in [-0.2, -0.15) is 0 Å². The largest absolute Gasteiger partial charge is 0.358 e. The molecule has 1 aliphatic heterocycles. The molecular formula is C14H17NO2S2. The summed E-state index contributed by atoms with van der Waals surface area (Å²) in [5.41, 5.74) is 2.51. The van der Waals surface area contributed by atoms with Crippen LogP contribution >= 0.6 is 23.5 Å². The lowest BCUT2D eigenvalue weighted by molar-refractivity contribution is -0.0548. The average molecular weight is 295 g/mol. The zero-order valence-electron chi connectivity index (χ0n) is 11.0. The summed E-state index contributed by atoms with van der Waals surface area (Å²) in [5.74, 6) is 1.92. The summed E-state index contributed by atoms with van der Waals surface area (Å²) in [6.45, 7) is 4.20. The van der Waals surface area contributed by atoms with E-state index >= 15 is 0 Å². The minimum absolute atomic E-state index is 0.741. The molecule has 19 heavy (non-hydrogen) atoms. The molecule has 1 aliphatic rings. The zero-order chi connectivity index (χ0) is 13.7. The topological polar surface area (TPSA) is 41.8 Å². The van der Waals surface area contributed by atoms with Gasteiger partial charge < -0.3 is 9.94 Å². The Balaban J connectivity index is 2.40. The van der Waals surface area contributed by atoms with Gasteiger partial charge in [-0.1, -0.05) is 49.3 Å². The van der Waals surface area contributed by atoms with Crippen molar-refractivity contribution in [2.75, 3.05) is 11.5 Å². The van der Waals surface area contributed by atoms with Crippen molar-refractivity contribution in [3.05, 3.63) is 45.7 Å². The Morgan fingerprint density at radius 1 is 1.21 bits per heavy atom. The van der Waals surface area contributed by atoms with Gasteiger partial charge in [0.25, 0.3) is 6.29 Å². The molecule has 0 saturated carbocycles. The molecule has 0 radical (unpaired) electrons. The van der Waals surface area contributed by atoms with Crippen LogP contribution in [0, 0.1) is 0 Å². The molecule has 1 atom stereocenters. The highest BCUT2D eigenvalue weighted by molar-refractivity contribution is 8.22. The Hall–Kier alpha value is -0.910. The van der Waals surface area contributed by atoms with Crippen molar-refractivity contribution in [2.24, 2.45) is 5.16 Å². The first-order chi connectivity index (χ1) is 9.27. The second-order valence-corrected chi connectivity index (χ2v) is 6.64. The molecule has 1 aromatic rings. The van der Waals surface area contributed by atoms with Gasteiger partial charge in [-0.15, -0.1) is 23.5 Å². The molecule has 0 amide bonds. The fraction of sp³-hybridized carbons (Fsp3) is 0.357. The minimum Gasteiger partial charge on any atom is -0.358 e. The van der Waals surface area contributed by atoms with Gasteiger partial charge in [0, 0.05) is 5.56 Å². The summed E-state index contributed by atoms with van der Waals surface area (Å²) in [5, 5.41) is 14.1. The molecule has 0 saturated heterocycles. The molecule has 1 N–H and O–H groups in total. The first-order valence-corrected chi connectivity index (χ1v) is 8.22. The molecule has 0 fully saturated rings. The van der Waals surface area contributed by atoms with Crippen LogP contribution in [0.2, 0.25) is 0 Å². The maximum Gasteiger partial charge on any atom is 0.254 e. The van der Waals surface area contributed by atoms with E-state index in [9.17, 15) is 5.11 Å². The van der Waals surface area contributed by atoms with Crippen molar-refractivity contribution < 1.29 is 9.94 Å². The Bertz CT molecular complexity index is 477. The predicted octanol–water partition coefficient (Wildman–Crippen LogP) is 3.46. The van der Waals surface area contributed by atoms with E-state index in [0.717, 1.165) is 32.6 Å². The number of nitrogens with zero attached hydrogens (tertiary/aromatic N) is 1. The predicted molar refractivity (Wildman–Crippen MR) is 83.4 cm³/mol. The molecule has 2 rings (SSSR count). The van der Waals surface area contributed by atoms with E-state index in [-0.39, 0.29) is 0 Å². The van der Waals surface area contributed by atoms with E-state index in [1.807, 2.05) is 30.3 Å². The molecule has 0 bridgehead atoms. The highest BCUT2D eigenvalue weighted by Crippen LogP contribution is 2.36. The summed E-state index contributed by atoms with van der Waals surface area (Å²) >= 11 is 3.44. The lowest BCUT2D eigenvalue weighted by atomic mass is 10.0. The molecule has 5 heteroatoms. The van der Waals surface area contributed by atoms with Gasteiger partial charge in [0.05, 0.1) is 9.81 Å². The van der Waals surface area contributed by atoms with Crippen LogP contribution in [0.15, 0.2) is 45.3 Å². The summed E-state index contributed by atoms with van der Waals surface area (Å²) in [7, 11) is 0. The third-order valence-corrected chi connectivity index (χ3v) is 4.81. The van der Waals surface area contributed by atoms with Gasteiger partial charge in [0.2, 0.25) is 0 Å². The normalized spacial score (nSPS) is 18.2. The van der Waals surface area contributed by atoms with Gasteiger partial charge in [-0.25, -0.2) is 0 Å². The first kappa shape index (κ1) is 14.5. The van der Waals surface area contributed by atoms with Crippen molar-refractivity contribution >= 4 is 29.2 Å². The molecule has 1 unspecified atom stereocenters. The Kier molecular flexibility index (Phi) is 5.36. The number of rotatable bonds is 5. The van der Waals surface area contributed by atoms with Gasteiger partial charge in [0.15, 0.2) is 0 Å². The van der Waals surface area contributed by atoms with Crippen LogP contribution in [0.4, 0.5) is 0 Å². The molecule has 0 spiro atoms. The fourth-order valence-electron chi connectivity index (χ4n) is 1.78. The average Bonchev–Trinajstić information content (AvgIpc) is 2.81. The van der Waals surface area contributed by atoms with E-state index < -0.39 is 6.29 Å². The standard InChI is InChI=1S/C14H17NO2S2/c1-3-18-14(19-4-2)11-12(15-17-13(11)16)10-8-6-5-7-9-10/h5-9,13,16H,3-4H2,1-2H3. The van der Waals surface area contributed by atoms with Crippen LogP contribution in [0.5, 0.6) is 0 Å². The molecular weight excluding hydrogens is 278 g/mol. The molecule has 3 nitrogen and oxygen atoms in total. The summed E-state index contributed by atoms with van der Waals surface area (Å²) in [6, 6.07) is 9.83. The molecule has 1 aromatic carbocycles. The van der Waals surface area contributed by atoms with Crippen LogP contribution in [0.25, 0.3) is 0 Å². The summed E-state index contributed by atoms with van der Waals surface area (Å²) in [6.07, 6.45) is -0.955. The van der Waals surface area contributed by atoms with Gasteiger partial charge in [-0.3, -0.25) is 0 Å². The molecule has 0 aliphatic carbocycles. The number of aliphatic hydroxyl groups is 1. The van der Waals surface area contributed by atoms with E-state index in [4.69, 9.17) is 4.84 Å². The Labute approximate surface area is 122 Å². The number of hydrogen-bond acceptors (Lipinski definition) is 5. The summed E-state index contributed by atoms with van der Waals surface area (Å²) < 4.78 is 1.10. The summed E-state index contributed by atoms with van der Waals surface area (Å²) in [4.78, 5) is 5.07. The van der Waals surface area contributed by atoms with Crippen molar-refractivity contribution in [1.29, 1.82) is 0 Å². The minimum atomic E-state index is -0.955. The highest BCUT2D eigenvalue weighted by Gasteiger charge is 2.30. The second kappa shape index (κ2) is 7.03. The van der Waals surface area contributed by atoms with E-state index in [0.29, 0.717) is 0 Å². The van der Waals surface area contributed by atoms with Gasteiger partial charge in [-0.05, 0) is 11.5 Å². The number of aliphatic hydroxyl groups excluding tert-OH is 1. The van der Waals surface area contributed by atoms with E-state index in [2.05, 4.69) is 19.0 Å². The van der Waals surface area contributed by atoms with Crippen LogP contribution in [-0.4, -0.2) is 28.6 Å². The van der Waals surface area contributed by atoms with Crippen molar-refractivity contribution in [1.82, 2.24) is 0 Å². The number of hydrogen-bond donors (Lipinski definition) is 1. The monoisotopic (exact) mass is 295 g/mol. The zero-order valence-corrected chi connectivity index (χ0v) is 12.6. The Morgan fingerprint density at radius 3 is 2.42 bits per heavy atom. The van der Waals surface area contributed by atoms with Crippen LogP contribution < -0.4 is 0 Å². The Morgan fingerprint density at radius 2 is 1.84 bits per heavy atom. The van der Waals surface area contributed by atoms with E-state index in [1.54, 1.807) is 23.5 Å². The van der Waals surface area contributed by atoms with Crippen molar-refractivity contribution in [3.63, 3.8) is 0 Å². The molecule has 1 heterocycles. The van der Waals surface area contributed by atoms with Crippen LogP contribution in [0.1, 0.15) is 19.4 Å². The molecule has 102 valence electrons. The van der Waals surface area contributed by atoms with Crippen LogP contribution in [0.3, 0.4) is 0 Å². The lowest BCUT2D eigenvalue weighted by Gasteiger charge is -2.12. The first-order valence-electron chi connectivity index (χ1n) is 6.25. The number of thioether (sulfide) groups is 2. The third kappa shape index (κ3) is 3.35. The highest BCUT2D eigenvalue weighted by atomic mass is 32.2. The quantitative estimate of drug-likeness (QED) is 0.903. The SMILES string of the molecule is CCSC(SCC)=C1C(c2ccccc2)=NOC1O. The van der Waals surface area contributed by atoms with Gasteiger partial charge >= 0.3 is 0 Å².